The van der Waals surface area contributed by atoms with Gasteiger partial charge < -0.3 is 32.1 Å². The summed E-state index contributed by atoms with van der Waals surface area (Å²) in [5.74, 6) is 0. The predicted octanol–water partition coefficient (Wildman–Crippen LogP) is 0.0146. The van der Waals surface area contributed by atoms with Crippen LogP contribution >= 0.6 is 0 Å². The summed E-state index contributed by atoms with van der Waals surface area (Å²) in [7, 11) is 0. The van der Waals surface area contributed by atoms with E-state index in [9.17, 15) is 5.11 Å². The number of aliphatic hydroxyl groups excluding tert-OH is 1. The van der Waals surface area contributed by atoms with Gasteiger partial charge >= 0.3 is 0 Å². The van der Waals surface area contributed by atoms with Crippen molar-refractivity contribution >= 4 is 0 Å². The fraction of sp³-hybridized carbons (Fsp3) is 1.00. The molecule has 3 nitrogen and oxygen atoms in total. The van der Waals surface area contributed by atoms with Gasteiger partial charge in [-0.05, 0) is 13.3 Å². The molecule has 1 heterocycles. The third kappa shape index (κ3) is 8.85. The highest BCUT2D eigenvalue weighted by Gasteiger charge is 2.40. The molecule has 0 aromatic heterocycles. The van der Waals surface area contributed by atoms with E-state index in [4.69, 9.17) is 4.74 Å². The maximum absolute atomic E-state index is 10.0. The van der Waals surface area contributed by atoms with Crippen molar-refractivity contribution in [1.29, 1.82) is 0 Å². The zero-order valence-electron chi connectivity index (χ0n) is 14.8. The minimum atomic E-state index is -0.354. The third-order valence-electron chi connectivity index (χ3n) is 4.92. The predicted molar refractivity (Wildman–Crippen MR) is 88.5 cm³/mol. The van der Waals surface area contributed by atoms with Crippen LogP contribution in [-0.4, -0.2) is 36.5 Å². The van der Waals surface area contributed by atoms with Crippen molar-refractivity contribution in [2.45, 2.75) is 96.2 Å². The zero-order chi connectivity index (χ0) is 15.4. The first-order valence-electron chi connectivity index (χ1n) is 9.35. The number of rotatable bonds is 12. The molecule has 0 radical (unpaired) electrons. The largest absolute Gasteiger partial charge is 1.00 e. The molecule has 1 aliphatic rings. The molecule has 1 aliphatic heterocycles. The number of nitrogens with two attached hydrogens (primary N) is 1. The van der Waals surface area contributed by atoms with Gasteiger partial charge in [0.1, 0.15) is 12.1 Å². The van der Waals surface area contributed by atoms with Crippen LogP contribution in [0.15, 0.2) is 0 Å². The maximum Gasteiger partial charge on any atom is 0.142 e. The van der Waals surface area contributed by atoms with Crippen molar-refractivity contribution in [1.82, 2.24) is 0 Å². The topological polar surface area (TPSA) is 46.1 Å². The Labute approximate surface area is 148 Å². The molecule has 0 aliphatic carbocycles. The normalized spacial score (nSPS) is 23.0. The van der Waals surface area contributed by atoms with E-state index < -0.39 is 0 Å². The van der Waals surface area contributed by atoms with Crippen molar-refractivity contribution in [2.24, 2.45) is 0 Å². The van der Waals surface area contributed by atoms with Crippen LogP contribution < -0.4 is 22.3 Å². The monoisotopic (exact) mass is 379 g/mol. The highest BCUT2D eigenvalue weighted by atomic mass is 79.9. The van der Waals surface area contributed by atoms with Crippen LogP contribution in [0.1, 0.15) is 84.5 Å². The van der Waals surface area contributed by atoms with Crippen LogP contribution in [0.3, 0.4) is 0 Å². The number of halogens is 1. The second kappa shape index (κ2) is 13.8. The summed E-state index contributed by atoms with van der Waals surface area (Å²) in [4.78, 5) is 0. The van der Waals surface area contributed by atoms with Gasteiger partial charge in [0.15, 0.2) is 0 Å². The van der Waals surface area contributed by atoms with Gasteiger partial charge in [-0.1, -0.05) is 71.1 Å². The van der Waals surface area contributed by atoms with Gasteiger partial charge in [-0.3, -0.25) is 0 Å². The van der Waals surface area contributed by atoms with Gasteiger partial charge in [0.05, 0.1) is 19.3 Å². The van der Waals surface area contributed by atoms with E-state index in [2.05, 4.69) is 12.2 Å². The lowest BCUT2D eigenvalue weighted by Crippen LogP contribution is -3.00. The summed E-state index contributed by atoms with van der Waals surface area (Å²) in [6, 6.07) is 0. The van der Waals surface area contributed by atoms with Gasteiger partial charge in [0.25, 0.3) is 0 Å². The molecule has 3 N–H and O–H groups in total. The summed E-state index contributed by atoms with van der Waals surface area (Å²) in [5.41, 5.74) is -0.279. The van der Waals surface area contributed by atoms with E-state index in [0.29, 0.717) is 0 Å². The number of morpholine rings is 1. The summed E-state index contributed by atoms with van der Waals surface area (Å²) < 4.78 is 5.93. The number of hydrogen-bond acceptors (Lipinski definition) is 2. The van der Waals surface area contributed by atoms with Crippen LogP contribution in [-0.2, 0) is 4.74 Å². The fourth-order valence-corrected chi connectivity index (χ4v) is 3.34. The average molecular weight is 380 g/mol. The number of quaternary nitrogens is 1. The molecular weight excluding hydrogens is 342 g/mol. The van der Waals surface area contributed by atoms with Crippen LogP contribution in [0.25, 0.3) is 0 Å². The van der Waals surface area contributed by atoms with Crippen LogP contribution in [0.4, 0.5) is 0 Å². The third-order valence-corrected chi connectivity index (χ3v) is 4.92. The Morgan fingerprint density at radius 2 is 1.55 bits per heavy atom. The van der Waals surface area contributed by atoms with Gasteiger partial charge in [0, 0.05) is 0 Å². The summed E-state index contributed by atoms with van der Waals surface area (Å²) in [5, 5.41) is 12.3. The highest BCUT2D eigenvalue weighted by molar-refractivity contribution is 4.86. The second-order valence-corrected chi connectivity index (χ2v) is 6.80. The Morgan fingerprint density at radius 1 is 1.00 bits per heavy atom. The molecule has 1 rings (SSSR count). The van der Waals surface area contributed by atoms with Crippen molar-refractivity contribution in [3.63, 3.8) is 0 Å². The van der Waals surface area contributed by atoms with Crippen LogP contribution in [0.2, 0.25) is 0 Å². The van der Waals surface area contributed by atoms with Gasteiger partial charge in [-0.2, -0.15) is 0 Å². The Hall–Kier alpha value is 0.360. The maximum atomic E-state index is 10.0. The molecule has 0 spiro atoms. The molecule has 0 amide bonds. The molecule has 4 heteroatoms. The number of ether oxygens (including phenoxy) is 1. The van der Waals surface area contributed by atoms with E-state index in [1.165, 1.54) is 64.2 Å². The van der Waals surface area contributed by atoms with Gasteiger partial charge in [0.2, 0.25) is 0 Å². The fourth-order valence-electron chi connectivity index (χ4n) is 3.34. The van der Waals surface area contributed by atoms with E-state index in [1.54, 1.807) is 0 Å². The van der Waals surface area contributed by atoms with E-state index in [0.717, 1.165) is 26.1 Å². The van der Waals surface area contributed by atoms with Crippen molar-refractivity contribution in [3.05, 3.63) is 0 Å². The van der Waals surface area contributed by atoms with Crippen LogP contribution in [0, 0.1) is 0 Å². The van der Waals surface area contributed by atoms with Crippen molar-refractivity contribution in [2.75, 3.05) is 19.7 Å². The Balaban J connectivity index is 0.00000441. The van der Waals surface area contributed by atoms with E-state index >= 15 is 0 Å². The standard InChI is InChI=1S/C18H37NO2.BrH/c1-3-4-5-6-7-8-9-10-11-12-13-18(17(2)20)16-19-14-15-21-18;/h17,19-20H,3-16H2,1-2H3;1H. The zero-order valence-corrected chi connectivity index (χ0v) is 16.4. The lowest BCUT2D eigenvalue weighted by Gasteiger charge is -2.37. The lowest BCUT2D eigenvalue weighted by molar-refractivity contribution is -0.688. The smallest absolute Gasteiger partial charge is 0.142 e. The number of aliphatic hydroxyl groups is 1. The summed E-state index contributed by atoms with van der Waals surface area (Å²) in [6.07, 6.45) is 14.2. The van der Waals surface area contributed by atoms with Gasteiger partial charge in [-0.25, -0.2) is 0 Å². The Bertz CT molecular complexity index is 243. The Kier molecular flexibility index (Phi) is 14.0. The lowest BCUT2D eigenvalue weighted by atomic mass is 9.89. The highest BCUT2D eigenvalue weighted by Crippen LogP contribution is 2.24. The quantitative estimate of drug-likeness (QED) is 0.469. The van der Waals surface area contributed by atoms with E-state index in [-0.39, 0.29) is 28.7 Å². The molecule has 1 fully saturated rings. The number of unbranched alkanes of at least 4 members (excludes halogenated alkanes) is 9. The first-order chi connectivity index (χ1) is 10.2. The minimum Gasteiger partial charge on any atom is -1.00 e. The molecule has 2 unspecified atom stereocenters. The molecule has 0 saturated carbocycles. The number of hydrogen-bond donors (Lipinski definition) is 2. The molecule has 0 bridgehead atoms. The molecule has 2 atom stereocenters. The van der Waals surface area contributed by atoms with Crippen LogP contribution in [0.5, 0.6) is 0 Å². The van der Waals surface area contributed by atoms with Gasteiger partial charge in [-0.15, -0.1) is 0 Å². The van der Waals surface area contributed by atoms with E-state index in [1.807, 2.05) is 6.92 Å². The van der Waals surface area contributed by atoms with Crippen molar-refractivity contribution in [3.8, 4) is 0 Å². The molecule has 22 heavy (non-hydrogen) atoms. The van der Waals surface area contributed by atoms with Crippen molar-refractivity contribution < 1.29 is 32.1 Å². The molecular formula is C18H38BrNO2. The first kappa shape index (κ1) is 22.4. The molecule has 134 valence electrons. The summed E-state index contributed by atoms with van der Waals surface area (Å²) >= 11 is 0. The minimum absolute atomic E-state index is 0. The molecule has 1 saturated heterocycles. The average Bonchev–Trinajstić information content (AvgIpc) is 2.50. The summed E-state index contributed by atoms with van der Waals surface area (Å²) in [6.45, 7) is 6.89. The SMILES string of the molecule is CCCCCCCCCCCCC1(C(C)O)C[NH2+]CCO1.[Br-]. The first-order valence-corrected chi connectivity index (χ1v) is 9.35. The molecule has 0 aromatic rings. The molecule has 0 aromatic carbocycles. The Morgan fingerprint density at radius 3 is 2.00 bits per heavy atom. The second-order valence-electron chi connectivity index (χ2n) is 6.80.